The minimum Gasteiger partial charge on any atom is -0.429 e. The molecule has 0 aliphatic heterocycles. The number of ether oxygens (including phenoxy) is 2. The summed E-state index contributed by atoms with van der Waals surface area (Å²) < 4.78 is 79.9. The topological polar surface area (TPSA) is 35.5 Å². The van der Waals surface area contributed by atoms with Gasteiger partial charge in [0.15, 0.2) is 5.78 Å². The summed E-state index contributed by atoms with van der Waals surface area (Å²) in [7, 11) is 0. The molecule has 0 aliphatic carbocycles. The first-order valence-electron chi connectivity index (χ1n) is 5.08. The Hall–Kier alpha value is -1.77. The Morgan fingerprint density at radius 2 is 1.60 bits per heavy atom. The quantitative estimate of drug-likeness (QED) is 0.614. The summed E-state index contributed by atoms with van der Waals surface area (Å²) in [6, 6.07) is 3.99. The Balaban J connectivity index is 2.77. The number of benzene rings is 1. The van der Waals surface area contributed by atoms with Crippen LogP contribution in [0.3, 0.4) is 0 Å². The zero-order chi connectivity index (χ0) is 15.6. The summed E-state index contributed by atoms with van der Waals surface area (Å²) in [4.78, 5) is 10.9. The summed E-state index contributed by atoms with van der Waals surface area (Å²) in [6.45, 7) is 1.22. The fraction of sp³-hybridized carbons (Fsp3) is 0.364. The highest BCUT2D eigenvalue weighted by Crippen LogP contribution is 2.31. The predicted molar refractivity (Wildman–Crippen MR) is 54.1 cm³/mol. The second kappa shape index (κ2) is 5.70. The second-order valence-corrected chi connectivity index (χ2v) is 3.62. The maximum absolute atomic E-state index is 13.0. The average Bonchev–Trinajstić information content (AvgIpc) is 2.26. The predicted octanol–water partition coefficient (Wildman–Crippen LogP) is 3.69. The van der Waals surface area contributed by atoms with E-state index in [9.17, 15) is 31.1 Å². The van der Waals surface area contributed by atoms with E-state index < -0.39 is 24.6 Å². The molecule has 112 valence electrons. The lowest BCUT2D eigenvalue weighted by Gasteiger charge is -2.22. The summed E-state index contributed by atoms with van der Waals surface area (Å²) >= 11 is 0. The third-order valence-electron chi connectivity index (χ3n) is 2.02. The highest BCUT2D eigenvalue weighted by atomic mass is 19.4. The first kappa shape index (κ1) is 16.3. The molecule has 0 saturated carbocycles. The standard InChI is InChI=1S/C11H8F6O3/c1-6(18)7-2-4-8(5-3-7)19-10(13,14)9(12)20-11(15,16)17/h2-5,9H,1H3/t9-/m1/s1. The van der Waals surface area contributed by atoms with Crippen molar-refractivity contribution in [1.82, 2.24) is 0 Å². The van der Waals surface area contributed by atoms with Crippen molar-refractivity contribution in [3.05, 3.63) is 29.8 Å². The molecule has 0 bridgehead atoms. The van der Waals surface area contributed by atoms with Crippen molar-refractivity contribution in [2.24, 2.45) is 0 Å². The zero-order valence-corrected chi connectivity index (χ0v) is 9.88. The minimum atomic E-state index is -5.56. The summed E-state index contributed by atoms with van der Waals surface area (Å²) in [6.07, 6.45) is -14.4. The Bertz CT molecular complexity index is 468. The SMILES string of the molecule is CC(=O)c1ccc(OC(F)(F)[C@H](F)OC(F)(F)F)cc1. The van der Waals surface area contributed by atoms with E-state index in [0.29, 0.717) is 0 Å². The van der Waals surface area contributed by atoms with Gasteiger partial charge < -0.3 is 4.74 Å². The van der Waals surface area contributed by atoms with Gasteiger partial charge in [-0.05, 0) is 31.2 Å². The van der Waals surface area contributed by atoms with Crippen molar-refractivity contribution in [3.63, 3.8) is 0 Å². The molecule has 0 aromatic heterocycles. The molecule has 0 spiro atoms. The Morgan fingerprint density at radius 1 is 1.10 bits per heavy atom. The molecule has 1 atom stereocenters. The lowest BCUT2D eigenvalue weighted by molar-refractivity contribution is -0.411. The van der Waals surface area contributed by atoms with Gasteiger partial charge in [-0.15, -0.1) is 13.2 Å². The van der Waals surface area contributed by atoms with Crippen molar-refractivity contribution in [3.8, 4) is 5.75 Å². The molecule has 0 aliphatic rings. The lowest BCUT2D eigenvalue weighted by Crippen LogP contribution is -2.41. The number of hydrogen-bond donors (Lipinski definition) is 0. The van der Waals surface area contributed by atoms with Gasteiger partial charge >= 0.3 is 18.8 Å². The van der Waals surface area contributed by atoms with Crippen LogP contribution in [0.4, 0.5) is 26.3 Å². The van der Waals surface area contributed by atoms with E-state index in [-0.39, 0.29) is 11.3 Å². The largest absolute Gasteiger partial charge is 0.525 e. The molecular formula is C11H8F6O3. The Morgan fingerprint density at radius 3 is 2.00 bits per heavy atom. The summed E-state index contributed by atoms with van der Waals surface area (Å²) in [5.41, 5.74) is 0.170. The van der Waals surface area contributed by atoms with E-state index >= 15 is 0 Å². The van der Waals surface area contributed by atoms with E-state index in [0.717, 1.165) is 24.3 Å². The molecule has 0 heterocycles. The number of ketones is 1. The molecule has 0 radical (unpaired) electrons. The third-order valence-corrected chi connectivity index (χ3v) is 2.02. The summed E-state index contributed by atoms with van der Waals surface area (Å²) in [5, 5.41) is 0. The van der Waals surface area contributed by atoms with Gasteiger partial charge in [0.05, 0.1) is 0 Å². The molecule has 0 N–H and O–H groups in total. The number of carbonyl (C=O) groups excluding carboxylic acids is 1. The number of Topliss-reactive ketones (excluding diaryl/α,β-unsaturated/α-hetero) is 1. The Kier molecular flexibility index (Phi) is 4.64. The van der Waals surface area contributed by atoms with Crippen molar-refractivity contribution < 1.29 is 40.6 Å². The molecular weight excluding hydrogens is 294 g/mol. The monoisotopic (exact) mass is 302 g/mol. The summed E-state index contributed by atoms with van der Waals surface area (Å²) in [5.74, 6) is -0.972. The van der Waals surface area contributed by atoms with Gasteiger partial charge in [0, 0.05) is 5.56 Å². The van der Waals surface area contributed by atoms with Crippen LogP contribution in [0.25, 0.3) is 0 Å². The van der Waals surface area contributed by atoms with Gasteiger partial charge in [0.2, 0.25) is 0 Å². The van der Waals surface area contributed by atoms with Crippen LogP contribution in [0.2, 0.25) is 0 Å². The Labute approximate surface area is 109 Å². The normalized spacial score (nSPS) is 13.9. The molecule has 0 saturated heterocycles. The van der Waals surface area contributed by atoms with E-state index in [2.05, 4.69) is 9.47 Å². The molecule has 9 heteroatoms. The van der Waals surface area contributed by atoms with Gasteiger partial charge in [-0.1, -0.05) is 0 Å². The van der Waals surface area contributed by atoms with E-state index in [1.165, 1.54) is 6.92 Å². The van der Waals surface area contributed by atoms with Gasteiger partial charge in [-0.3, -0.25) is 4.79 Å². The smallest absolute Gasteiger partial charge is 0.429 e. The fourth-order valence-corrected chi connectivity index (χ4v) is 1.15. The molecule has 0 fully saturated rings. The van der Waals surface area contributed by atoms with Gasteiger partial charge in [0.25, 0.3) is 0 Å². The van der Waals surface area contributed by atoms with Crippen LogP contribution in [0.5, 0.6) is 5.75 Å². The molecule has 1 aromatic rings. The van der Waals surface area contributed by atoms with Crippen molar-refractivity contribution in [2.45, 2.75) is 25.8 Å². The maximum atomic E-state index is 13.0. The molecule has 0 amide bonds. The van der Waals surface area contributed by atoms with Crippen LogP contribution in [-0.4, -0.2) is 24.6 Å². The lowest BCUT2D eigenvalue weighted by atomic mass is 10.1. The van der Waals surface area contributed by atoms with Crippen LogP contribution < -0.4 is 4.74 Å². The molecule has 20 heavy (non-hydrogen) atoms. The maximum Gasteiger partial charge on any atom is 0.525 e. The van der Waals surface area contributed by atoms with Crippen LogP contribution >= 0.6 is 0 Å². The number of hydrogen-bond acceptors (Lipinski definition) is 3. The molecule has 1 aromatic carbocycles. The number of carbonyl (C=O) groups is 1. The van der Waals surface area contributed by atoms with Gasteiger partial charge in [-0.2, -0.15) is 8.78 Å². The highest BCUT2D eigenvalue weighted by Gasteiger charge is 2.50. The molecule has 0 unspecified atom stereocenters. The molecule has 1 rings (SSSR count). The fourth-order valence-electron chi connectivity index (χ4n) is 1.15. The molecule has 3 nitrogen and oxygen atoms in total. The minimum absolute atomic E-state index is 0.170. The first-order valence-corrected chi connectivity index (χ1v) is 5.08. The van der Waals surface area contributed by atoms with Crippen LogP contribution in [-0.2, 0) is 4.74 Å². The van der Waals surface area contributed by atoms with Crippen LogP contribution in [0.1, 0.15) is 17.3 Å². The van der Waals surface area contributed by atoms with Gasteiger partial charge in [-0.25, -0.2) is 9.13 Å². The average molecular weight is 302 g/mol. The number of halogens is 6. The van der Waals surface area contributed by atoms with Gasteiger partial charge in [0.1, 0.15) is 5.75 Å². The zero-order valence-electron chi connectivity index (χ0n) is 9.88. The van der Waals surface area contributed by atoms with E-state index in [1.54, 1.807) is 0 Å². The van der Waals surface area contributed by atoms with Crippen LogP contribution in [0, 0.1) is 0 Å². The number of alkyl halides is 6. The second-order valence-electron chi connectivity index (χ2n) is 3.62. The third kappa shape index (κ3) is 4.72. The van der Waals surface area contributed by atoms with Crippen LogP contribution in [0.15, 0.2) is 24.3 Å². The van der Waals surface area contributed by atoms with Crippen molar-refractivity contribution in [1.29, 1.82) is 0 Å². The van der Waals surface area contributed by atoms with E-state index in [4.69, 9.17) is 0 Å². The first-order chi connectivity index (χ1) is 9.01. The van der Waals surface area contributed by atoms with E-state index in [1.807, 2.05) is 0 Å². The van der Waals surface area contributed by atoms with Crippen molar-refractivity contribution >= 4 is 5.78 Å². The number of rotatable bonds is 5. The van der Waals surface area contributed by atoms with Crippen molar-refractivity contribution in [2.75, 3.05) is 0 Å². The highest BCUT2D eigenvalue weighted by molar-refractivity contribution is 5.94.